The van der Waals surface area contributed by atoms with E-state index < -0.39 is 0 Å². The van der Waals surface area contributed by atoms with Gasteiger partial charge in [-0.3, -0.25) is 9.88 Å². The van der Waals surface area contributed by atoms with Crippen molar-refractivity contribution < 1.29 is 14.2 Å². The van der Waals surface area contributed by atoms with E-state index in [1.54, 1.807) is 12.1 Å². The molecule has 0 spiro atoms. The molecule has 0 atom stereocenters. The van der Waals surface area contributed by atoms with E-state index in [4.69, 9.17) is 21.4 Å². The zero-order valence-electron chi connectivity index (χ0n) is 13.9. The van der Waals surface area contributed by atoms with Crippen LogP contribution in [0.15, 0.2) is 36.5 Å². The highest BCUT2D eigenvalue weighted by Gasteiger charge is 2.19. The molecule has 0 amide bonds. The summed E-state index contributed by atoms with van der Waals surface area (Å²) < 4.78 is 18.3. The molecule has 1 N–H and O–H groups in total. The molecule has 1 aliphatic heterocycles. The van der Waals surface area contributed by atoms with Crippen molar-refractivity contribution in [2.45, 2.75) is 6.54 Å². The predicted molar refractivity (Wildman–Crippen MR) is 95.7 cm³/mol. The highest BCUT2D eigenvalue weighted by atomic mass is 35.5. The molecule has 0 radical (unpaired) electrons. The second kappa shape index (κ2) is 8.47. The Morgan fingerprint density at radius 3 is 2.60 bits per heavy atom. The number of rotatable bonds is 6. The summed E-state index contributed by atoms with van der Waals surface area (Å²) in [6, 6.07) is 8.77. The number of benzene rings is 1. The Labute approximate surface area is 151 Å². The van der Waals surface area contributed by atoms with Crippen LogP contribution in [0.4, 0.5) is 10.1 Å². The Morgan fingerprint density at radius 1 is 1.16 bits per heavy atom. The van der Waals surface area contributed by atoms with Crippen LogP contribution < -0.4 is 9.64 Å². The minimum atomic E-state index is -0.311. The summed E-state index contributed by atoms with van der Waals surface area (Å²) in [4.78, 5) is 8.65. The van der Waals surface area contributed by atoms with E-state index in [-0.39, 0.29) is 19.0 Å². The zero-order chi connectivity index (χ0) is 17.6. The molecule has 25 heavy (non-hydrogen) atoms. The second-order valence-electron chi connectivity index (χ2n) is 5.92. The first-order valence-electron chi connectivity index (χ1n) is 8.26. The van der Waals surface area contributed by atoms with Gasteiger partial charge in [0, 0.05) is 38.8 Å². The number of aliphatic hydroxyl groups is 1. The highest BCUT2D eigenvalue weighted by Crippen LogP contribution is 2.30. The summed E-state index contributed by atoms with van der Waals surface area (Å²) in [6.07, 6.45) is 1.26. The molecule has 134 valence electrons. The molecule has 2 heterocycles. The molecule has 7 heteroatoms. The van der Waals surface area contributed by atoms with Gasteiger partial charge in [0.1, 0.15) is 18.2 Å². The molecule has 1 aromatic heterocycles. The summed E-state index contributed by atoms with van der Waals surface area (Å²) in [5, 5.41) is 9.45. The minimum Gasteiger partial charge on any atom is -0.491 e. The lowest BCUT2D eigenvalue weighted by Gasteiger charge is -2.36. The van der Waals surface area contributed by atoms with Gasteiger partial charge in [-0.25, -0.2) is 4.39 Å². The third kappa shape index (κ3) is 4.81. The monoisotopic (exact) mass is 365 g/mol. The number of pyridine rings is 1. The van der Waals surface area contributed by atoms with E-state index in [0.29, 0.717) is 10.8 Å². The molecule has 0 aliphatic carbocycles. The smallest absolute Gasteiger partial charge is 0.141 e. The Kier molecular flexibility index (Phi) is 6.07. The van der Waals surface area contributed by atoms with Gasteiger partial charge in [-0.1, -0.05) is 11.6 Å². The van der Waals surface area contributed by atoms with Crippen LogP contribution in [0.3, 0.4) is 0 Å². The molecular weight excluding hydrogens is 345 g/mol. The van der Waals surface area contributed by atoms with Crippen LogP contribution >= 0.6 is 11.6 Å². The first-order chi connectivity index (χ1) is 12.2. The molecule has 0 saturated carbocycles. The Balaban J connectivity index is 1.55. The molecule has 3 rings (SSSR count). The molecule has 1 aromatic carbocycles. The van der Waals surface area contributed by atoms with E-state index in [1.165, 1.54) is 12.3 Å². The number of piperazine rings is 1. The lowest BCUT2D eigenvalue weighted by molar-refractivity contribution is 0.201. The van der Waals surface area contributed by atoms with Gasteiger partial charge in [0.2, 0.25) is 0 Å². The molecule has 1 fully saturated rings. The summed E-state index contributed by atoms with van der Waals surface area (Å²) >= 11 is 6.38. The average molecular weight is 366 g/mol. The number of hydrogen-bond donors (Lipinski definition) is 1. The number of aliphatic hydroxyl groups excluding tert-OH is 1. The van der Waals surface area contributed by atoms with Gasteiger partial charge in [-0.2, -0.15) is 0 Å². The van der Waals surface area contributed by atoms with Crippen LogP contribution in [0.2, 0.25) is 5.02 Å². The summed E-state index contributed by atoms with van der Waals surface area (Å²) in [6.45, 7) is 4.44. The fourth-order valence-corrected chi connectivity index (χ4v) is 3.16. The molecule has 2 aromatic rings. The normalized spacial score (nSPS) is 15.4. The Bertz CT molecular complexity index is 691. The van der Waals surface area contributed by atoms with Crippen LogP contribution in [-0.4, -0.2) is 54.4 Å². The van der Waals surface area contributed by atoms with Crippen molar-refractivity contribution in [1.82, 2.24) is 9.88 Å². The van der Waals surface area contributed by atoms with Crippen LogP contribution in [-0.2, 0) is 6.54 Å². The van der Waals surface area contributed by atoms with E-state index >= 15 is 0 Å². The number of aromatic nitrogens is 1. The first kappa shape index (κ1) is 17.9. The maximum atomic E-state index is 12.9. The number of anilines is 1. The van der Waals surface area contributed by atoms with Gasteiger partial charge >= 0.3 is 0 Å². The number of nitrogens with zero attached hydrogens (tertiary/aromatic N) is 3. The maximum Gasteiger partial charge on any atom is 0.141 e. The van der Waals surface area contributed by atoms with Crippen molar-refractivity contribution in [3.05, 3.63) is 53.1 Å². The van der Waals surface area contributed by atoms with Gasteiger partial charge in [0.25, 0.3) is 0 Å². The van der Waals surface area contributed by atoms with E-state index in [2.05, 4.69) is 14.8 Å². The summed E-state index contributed by atoms with van der Waals surface area (Å²) in [7, 11) is 0. The average Bonchev–Trinajstić information content (AvgIpc) is 2.63. The van der Waals surface area contributed by atoms with E-state index in [0.717, 1.165) is 44.1 Å². The second-order valence-corrected chi connectivity index (χ2v) is 6.32. The van der Waals surface area contributed by atoms with Crippen LogP contribution in [0.5, 0.6) is 5.75 Å². The summed E-state index contributed by atoms with van der Waals surface area (Å²) in [5.41, 5.74) is 1.86. The van der Waals surface area contributed by atoms with Crippen molar-refractivity contribution in [3.63, 3.8) is 0 Å². The largest absolute Gasteiger partial charge is 0.491 e. The number of hydrogen-bond acceptors (Lipinski definition) is 5. The molecule has 0 bridgehead atoms. The van der Waals surface area contributed by atoms with Gasteiger partial charge in [-0.15, -0.1) is 0 Å². The summed E-state index contributed by atoms with van der Waals surface area (Å²) in [5.74, 6) is 0.346. The zero-order valence-corrected chi connectivity index (χ0v) is 14.6. The van der Waals surface area contributed by atoms with E-state index in [1.807, 2.05) is 12.1 Å². The Morgan fingerprint density at radius 2 is 1.96 bits per heavy atom. The van der Waals surface area contributed by atoms with Crippen LogP contribution in [0, 0.1) is 5.82 Å². The fraction of sp³-hybridized carbons (Fsp3) is 0.389. The van der Waals surface area contributed by atoms with Gasteiger partial charge < -0.3 is 14.7 Å². The van der Waals surface area contributed by atoms with Gasteiger partial charge in [-0.05, 0) is 24.3 Å². The Hall–Kier alpha value is -1.89. The minimum absolute atomic E-state index is 0.0236. The van der Waals surface area contributed by atoms with Crippen molar-refractivity contribution in [3.8, 4) is 5.75 Å². The predicted octanol–water partition coefficient (Wildman–Crippen LogP) is 2.57. The lowest BCUT2D eigenvalue weighted by atomic mass is 10.2. The van der Waals surface area contributed by atoms with E-state index in [9.17, 15) is 4.39 Å². The third-order valence-electron chi connectivity index (χ3n) is 4.17. The first-order valence-corrected chi connectivity index (χ1v) is 8.64. The van der Waals surface area contributed by atoms with Crippen molar-refractivity contribution in [1.29, 1.82) is 0 Å². The molecular formula is C18H21ClFN3O2. The molecule has 5 nitrogen and oxygen atoms in total. The van der Waals surface area contributed by atoms with Crippen molar-refractivity contribution in [2.24, 2.45) is 0 Å². The van der Waals surface area contributed by atoms with Crippen molar-refractivity contribution >= 4 is 17.3 Å². The SMILES string of the molecule is OCCOc1ccc(N2CCN(Cc3ccc(F)cn3)CC2)c(Cl)c1. The number of ether oxygens (including phenoxy) is 1. The molecule has 1 aliphatic rings. The van der Waals surface area contributed by atoms with Gasteiger partial charge in [0.05, 0.1) is 29.2 Å². The van der Waals surface area contributed by atoms with Crippen LogP contribution in [0.1, 0.15) is 5.69 Å². The lowest BCUT2D eigenvalue weighted by Crippen LogP contribution is -2.46. The quantitative estimate of drug-likeness (QED) is 0.852. The fourth-order valence-electron chi connectivity index (χ4n) is 2.87. The van der Waals surface area contributed by atoms with Crippen LogP contribution in [0.25, 0.3) is 0 Å². The maximum absolute atomic E-state index is 12.9. The molecule has 0 unspecified atom stereocenters. The standard InChI is InChI=1S/C18H21ClFN3O2/c19-17-11-16(25-10-9-24)3-4-18(17)23-7-5-22(6-8-23)13-15-2-1-14(20)12-21-15/h1-4,11-12,24H,5-10,13H2. The number of halogens is 2. The molecule has 1 saturated heterocycles. The van der Waals surface area contributed by atoms with Gasteiger partial charge in [0.15, 0.2) is 0 Å². The topological polar surface area (TPSA) is 48.8 Å². The third-order valence-corrected chi connectivity index (χ3v) is 4.47. The highest BCUT2D eigenvalue weighted by molar-refractivity contribution is 6.33. The van der Waals surface area contributed by atoms with Crippen molar-refractivity contribution in [2.75, 3.05) is 44.3 Å².